The molecule has 0 aromatic carbocycles. The van der Waals surface area contributed by atoms with Crippen molar-refractivity contribution in [1.82, 2.24) is 0 Å². The normalized spacial score (nSPS) is 11.7. The van der Waals surface area contributed by atoms with Crippen LogP contribution in [0.1, 0.15) is 20.3 Å². The number of carboxylic acids is 1. The molecule has 5 heteroatoms. The van der Waals surface area contributed by atoms with Crippen molar-refractivity contribution in [2.45, 2.75) is 25.9 Å². The molecule has 0 aliphatic rings. The average Bonchev–Trinajstić information content (AvgIpc) is 2.11. The van der Waals surface area contributed by atoms with Crippen molar-refractivity contribution in [1.29, 1.82) is 0 Å². The third kappa shape index (κ3) is 7.69. The van der Waals surface area contributed by atoms with Crippen LogP contribution in [0.4, 0.5) is 0 Å². The Morgan fingerprint density at radius 3 is 2.40 bits per heavy atom. The number of ether oxygens (including phenoxy) is 2. The van der Waals surface area contributed by atoms with Crippen LogP contribution >= 0.6 is 0 Å². The lowest BCUT2D eigenvalue weighted by Crippen LogP contribution is -2.28. The molecule has 1 N–H and O–H groups in total. The summed E-state index contributed by atoms with van der Waals surface area (Å²) >= 11 is 0. The lowest BCUT2D eigenvalue weighted by molar-refractivity contribution is -0.151. The Balaban J connectivity index is 4.09. The number of hydrogen-bond acceptors (Lipinski definition) is 4. The van der Waals surface area contributed by atoms with Crippen LogP contribution in [0.2, 0.25) is 0 Å². The standard InChI is InChI=1S/C10H16O5/c1-10(2,6-7-14-3)15-9(13)5-4-8(11)12/h4-5H,6-7H2,1-3H3,(H,11,12)/b5-4+. The second-order valence-corrected chi connectivity index (χ2v) is 3.60. The lowest BCUT2D eigenvalue weighted by Gasteiger charge is -2.23. The van der Waals surface area contributed by atoms with E-state index in [-0.39, 0.29) is 0 Å². The SMILES string of the molecule is COCCC(C)(C)OC(=O)/C=C/C(=O)O. The number of hydrogen-bond donors (Lipinski definition) is 1. The minimum absolute atomic E-state index is 0.475. The van der Waals surface area contributed by atoms with Crippen LogP contribution in [0.3, 0.4) is 0 Å². The van der Waals surface area contributed by atoms with Gasteiger partial charge in [-0.2, -0.15) is 0 Å². The second kappa shape index (κ2) is 6.19. The first kappa shape index (κ1) is 13.6. The fourth-order valence-corrected chi connectivity index (χ4v) is 0.845. The van der Waals surface area contributed by atoms with E-state index in [0.717, 1.165) is 12.2 Å². The van der Waals surface area contributed by atoms with Crippen LogP contribution in [0, 0.1) is 0 Å². The fourth-order valence-electron chi connectivity index (χ4n) is 0.845. The molecule has 0 amide bonds. The van der Waals surface area contributed by atoms with Gasteiger partial charge in [-0.1, -0.05) is 0 Å². The zero-order chi connectivity index (χ0) is 11.9. The van der Waals surface area contributed by atoms with E-state index in [0.29, 0.717) is 13.0 Å². The molecule has 0 spiro atoms. The van der Waals surface area contributed by atoms with Crippen molar-refractivity contribution < 1.29 is 24.2 Å². The molecular formula is C10H16O5. The summed E-state index contributed by atoms with van der Waals surface area (Å²) in [6, 6.07) is 0. The summed E-state index contributed by atoms with van der Waals surface area (Å²) in [6.07, 6.45) is 2.18. The molecule has 0 fully saturated rings. The van der Waals surface area contributed by atoms with Gasteiger partial charge in [-0.15, -0.1) is 0 Å². The molecule has 0 aliphatic heterocycles. The number of aliphatic carboxylic acids is 1. The van der Waals surface area contributed by atoms with E-state index in [1.165, 1.54) is 0 Å². The smallest absolute Gasteiger partial charge is 0.331 e. The van der Waals surface area contributed by atoms with Gasteiger partial charge in [-0.3, -0.25) is 0 Å². The first-order valence-electron chi connectivity index (χ1n) is 4.50. The molecule has 0 saturated carbocycles. The average molecular weight is 216 g/mol. The summed E-state index contributed by atoms with van der Waals surface area (Å²) in [5.74, 6) is -1.85. The van der Waals surface area contributed by atoms with Crippen molar-refractivity contribution in [3.8, 4) is 0 Å². The Morgan fingerprint density at radius 1 is 1.33 bits per heavy atom. The largest absolute Gasteiger partial charge is 0.478 e. The summed E-state index contributed by atoms with van der Waals surface area (Å²) in [4.78, 5) is 21.2. The predicted octanol–water partition coefficient (Wildman–Crippen LogP) is 0.985. The maximum absolute atomic E-state index is 11.1. The highest BCUT2D eigenvalue weighted by molar-refractivity contribution is 5.90. The summed E-state index contributed by atoms with van der Waals surface area (Å²) in [5.41, 5.74) is -0.657. The van der Waals surface area contributed by atoms with Gasteiger partial charge in [0.2, 0.25) is 0 Å². The number of carboxylic acid groups (broad SMARTS) is 1. The van der Waals surface area contributed by atoms with Crippen molar-refractivity contribution in [2.75, 3.05) is 13.7 Å². The van der Waals surface area contributed by atoms with Gasteiger partial charge in [0, 0.05) is 32.3 Å². The predicted molar refractivity (Wildman–Crippen MR) is 53.4 cm³/mol. The van der Waals surface area contributed by atoms with Crippen molar-refractivity contribution >= 4 is 11.9 Å². The van der Waals surface area contributed by atoms with E-state index in [4.69, 9.17) is 14.6 Å². The summed E-state index contributed by atoms with van der Waals surface area (Å²) in [5, 5.41) is 8.29. The monoisotopic (exact) mass is 216 g/mol. The topological polar surface area (TPSA) is 72.8 Å². The zero-order valence-electron chi connectivity index (χ0n) is 9.15. The number of carbonyl (C=O) groups excluding carboxylic acids is 1. The third-order valence-electron chi connectivity index (χ3n) is 1.65. The molecule has 86 valence electrons. The first-order valence-corrected chi connectivity index (χ1v) is 4.50. The van der Waals surface area contributed by atoms with Gasteiger partial charge in [-0.05, 0) is 13.8 Å². The van der Waals surface area contributed by atoms with Gasteiger partial charge in [0.1, 0.15) is 5.60 Å². The highest BCUT2D eigenvalue weighted by Gasteiger charge is 2.21. The summed E-state index contributed by atoms with van der Waals surface area (Å²) in [6.45, 7) is 3.94. The van der Waals surface area contributed by atoms with Crippen LogP contribution in [0.5, 0.6) is 0 Å². The van der Waals surface area contributed by atoms with Crippen molar-refractivity contribution in [3.63, 3.8) is 0 Å². The molecule has 0 aliphatic carbocycles. The quantitative estimate of drug-likeness (QED) is 0.529. The molecule has 15 heavy (non-hydrogen) atoms. The van der Waals surface area contributed by atoms with Gasteiger partial charge in [0.25, 0.3) is 0 Å². The third-order valence-corrected chi connectivity index (χ3v) is 1.65. The second-order valence-electron chi connectivity index (χ2n) is 3.60. The van der Waals surface area contributed by atoms with E-state index >= 15 is 0 Å². The summed E-state index contributed by atoms with van der Waals surface area (Å²) in [7, 11) is 1.56. The van der Waals surface area contributed by atoms with E-state index in [2.05, 4.69) is 0 Å². The molecule has 0 atom stereocenters. The van der Waals surface area contributed by atoms with Gasteiger partial charge < -0.3 is 14.6 Å². The van der Waals surface area contributed by atoms with Gasteiger partial charge >= 0.3 is 11.9 Å². The Morgan fingerprint density at radius 2 is 1.93 bits per heavy atom. The van der Waals surface area contributed by atoms with Crippen LogP contribution in [0.25, 0.3) is 0 Å². The van der Waals surface area contributed by atoms with Gasteiger partial charge in [0.05, 0.1) is 0 Å². The summed E-state index contributed by atoms with van der Waals surface area (Å²) < 4.78 is 9.88. The van der Waals surface area contributed by atoms with E-state index in [9.17, 15) is 9.59 Å². The molecular weight excluding hydrogens is 200 g/mol. The van der Waals surface area contributed by atoms with Crippen LogP contribution in [0.15, 0.2) is 12.2 Å². The Labute approximate surface area is 88.7 Å². The minimum Gasteiger partial charge on any atom is -0.478 e. The first-order chi connectivity index (χ1) is 6.87. The minimum atomic E-state index is -1.18. The van der Waals surface area contributed by atoms with E-state index < -0.39 is 17.5 Å². The van der Waals surface area contributed by atoms with Crippen molar-refractivity contribution in [3.05, 3.63) is 12.2 Å². The van der Waals surface area contributed by atoms with Crippen LogP contribution in [-0.2, 0) is 19.1 Å². The number of carbonyl (C=O) groups is 2. The van der Waals surface area contributed by atoms with E-state index in [1.807, 2.05) is 0 Å². The van der Waals surface area contributed by atoms with E-state index in [1.54, 1.807) is 21.0 Å². The highest BCUT2D eigenvalue weighted by atomic mass is 16.6. The molecule has 0 aromatic rings. The molecule has 0 unspecified atom stereocenters. The highest BCUT2D eigenvalue weighted by Crippen LogP contribution is 2.14. The Hall–Kier alpha value is -1.36. The van der Waals surface area contributed by atoms with Crippen LogP contribution in [-0.4, -0.2) is 36.4 Å². The molecule has 5 nitrogen and oxygen atoms in total. The number of rotatable bonds is 6. The molecule has 0 saturated heterocycles. The fraction of sp³-hybridized carbons (Fsp3) is 0.600. The van der Waals surface area contributed by atoms with Crippen molar-refractivity contribution in [2.24, 2.45) is 0 Å². The maximum Gasteiger partial charge on any atom is 0.331 e. The maximum atomic E-state index is 11.1. The molecule has 0 heterocycles. The number of esters is 1. The Kier molecular flexibility index (Phi) is 5.62. The van der Waals surface area contributed by atoms with Crippen LogP contribution < -0.4 is 0 Å². The van der Waals surface area contributed by atoms with Gasteiger partial charge in [0.15, 0.2) is 0 Å². The van der Waals surface area contributed by atoms with Gasteiger partial charge in [-0.25, -0.2) is 9.59 Å². The molecule has 0 bridgehead atoms. The number of methoxy groups -OCH3 is 1. The zero-order valence-corrected chi connectivity index (χ0v) is 9.15. The Bertz CT molecular complexity index is 255. The molecule has 0 rings (SSSR count). The lowest BCUT2D eigenvalue weighted by atomic mass is 10.1. The molecule has 0 radical (unpaired) electrons. The molecule has 0 aromatic heterocycles.